The first kappa shape index (κ1) is 40.3. The largest absolute Gasteiger partial charge is 0.0683 e. The molecule has 0 N–H and O–H groups in total. The monoisotopic (exact) mass is 596 g/mol. The SMILES string of the molecule is CC.CC.CC.CC.Cc1ccc2ccccc2c1.c1ccc2ccccc2c1.c1ccc2ccccc2c1.c1ccccc1. The number of fused-ring (bicyclic) bond motifs is 3. The molecule has 0 nitrogen and oxygen atoms in total. The van der Waals surface area contributed by atoms with E-state index in [-0.39, 0.29) is 0 Å². The van der Waals surface area contributed by atoms with Crippen LogP contribution in [0, 0.1) is 6.92 Å². The summed E-state index contributed by atoms with van der Waals surface area (Å²) in [5.41, 5.74) is 1.32. The maximum Gasteiger partial charge on any atom is -0.0181 e. The Kier molecular flexibility index (Phi) is 25.2. The van der Waals surface area contributed by atoms with Crippen molar-refractivity contribution in [2.45, 2.75) is 62.3 Å². The maximum absolute atomic E-state index is 2.20. The van der Waals surface area contributed by atoms with Crippen LogP contribution in [-0.2, 0) is 0 Å². The van der Waals surface area contributed by atoms with E-state index in [0.29, 0.717) is 0 Å². The van der Waals surface area contributed by atoms with Gasteiger partial charge in [0.2, 0.25) is 0 Å². The topological polar surface area (TPSA) is 0 Å². The minimum atomic E-state index is 1.31. The van der Waals surface area contributed by atoms with Crippen LogP contribution in [0.1, 0.15) is 61.0 Å². The highest BCUT2D eigenvalue weighted by Crippen LogP contribution is 2.14. The molecule has 45 heavy (non-hydrogen) atoms. The van der Waals surface area contributed by atoms with Crippen molar-refractivity contribution in [1.29, 1.82) is 0 Å². The predicted octanol–water partition coefficient (Wildman–Crippen LogP) is 14.6. The molecule has 0 unspecified atom stereocenters. The van der Waals surface area contributed by atoms with Crippen molar-refractivity contribution in [3.05, 3.63) is 181 Å². The third kappa shape index (κ3) is 16.7. The average Bonchev–Trinajstić information content (AvgIpc) is 3.16. The molecule has 0 atom stereocenters. The quantitative estimate of drug-likeness (QED) is 0.163. The van der Waals surface area contributed by atoms with Crippen molar-refractivity contribution in [1.82, 2.24) is 0 Å². The summed E-state index contributed by atoms with van der Waals surface area (Å²) >= 11 is 0. The Balaban J connectivity index is 0.000000540. The first-order valence-corrected chi connectivity index (χ1v) is 16.6. The highest BCUT2D eigenvalue weighted by molar-refractivity contribution is 5.83. The predicted molar refractivity (Wildman–Crippen MR) is 208 cm³/mol. The fraction of sp³-hybridized carbons (Fsp3) is 0.200. The number of hydrogen-bond donors (Lipinski definition) is 0. The first-order valence-electron chi connectivity index (χ1n) is 16.6. The van der Waals surface area contributed by atoms with E-state index >= 15 is 0 Å². The van der Waals surface area contributed by atoms with Gasteiger partial charge in [0.05, 0.1) is 0 Å². The van der Waals surface area contributed by atoms with Crippen LogP contribution in [0.3, 0.4) is 0 Å². The lowest BCUT2D eigenvalue weighted by atomic mass is 10.1. The van der Waals surface area contributed by atoms with Gasteiger partial charge in [0.25, 0.3) is 0 Å². The molecule has 236 valence electrons. The van der Waals surface area contributed by atoms with Crippen molar-refractivity contribution in [3.63, 3.8) is 0 Å². The Bertz CT molecular complexity index is 1400. The van der Waals surface area contributed by atoms with E-state index in [2.05, 4.69) is 146 Å². The fourth-order valence-electron chi connectivity index (χ4n) is 3.96. The van der Waals surface area contributed by atoms with E-state index in [1.165, 1.54) is 37.9 Å². The molecule has 0 amide bonds. The summed E-state index contributed by atoms with van der Waals surface area (Å²) < 4.78 is 0. The molecule has 0 radical (unpaired) electrons. The highest BCUT2D eigenvalue weighted by Gasteiger charge is 1.90. The minimum Gasteiger partial charge on any atom is -0.0683 e. The molecule has 0 fully saturated rings. The molecule has 0 aromatic heterocycles. The van der Waals surface area contributed by atoms with Gasteiger partial charge < -0.3 is 0 Å². The summed E-state index contributed by atoms with van der Waals surface area (Å²) in [5.74, 6) is 0. The number of rotatable bonds is 0. The van der Waals surface area contributed by atoms with Crippen LogP contribution in [0.15, 0.2) is 176 Å². The van der Waals surface area contributed by atoms with Gasteiger partial charge in [0.15, 0.2) is 0 Å². The normalized spacial score (nSPS) is 8.56. The molecule has 0 aliphatic rings. The smallest absolute Gasteiger partial charge is 0.0181 e. The number of aryl methyl sites for hydroxylation is 1. The molecule has 7 rings (SSSR count). The maximum atomic E-state index is 2.20. The van der Waals surface area contributed by atoms with E-state index < -0.39 is 0 Å². The van der Waals surface area contributed by atoms with Crippen LogP contribution < -0.4 is 0 Å². The van der Waals surface area contributed by atoms with Gasteiger partial charge in [-0.3, -0.25) is 0 Å². The van der Waals surface area contributed by atoms with Crippen molar-refractivity contribution < 1.29 is 0 Å². The molecule has 7 aromatic rings. The first-order chi connectivity index (χ1) is 22.3. The standard InChI is InChI=1S/C11H10.2C10H8.C6H6.4C2H6/c1-9-6-7-10-4-2-3-5-11(10)8-9;2*1-2-6-10-8-4-3-7-9(10)5-1;1-2-4-6-5-3-1;4*1-2/h2-8H,1H3;2*1-8H;1-6H;4*1-2H3. The summed E-state index contributed by atoms with van der Waals surface area (Å²) in [6.45, 7) is 18.1. The van der Waals surface area contributed by atoms with Gasteiger partial charge in [-0.15, -0.1) is 0 Å². The van der Waals surface area contributed by atoms with E-state index in [4.69, 9.17) is 0 Å². The van der Waals surface area contributed by atoms with E-state index in [1.54, 1.807) is 0 Å². The molecule has 0 saturated carbocycles. The fourth-order valence-corrected chi connectivity index (χ4v) is 3.96. The molecule has 0 aliphatic heterocycles. The Morgan fingerprint density at radius 1 is 0.222 bits per heavy atom. The lowest BCUT2D eigenvalue weighted by molar-refractivity contribution is 1.50. The molecule has 0 spiro atoms. The van der Waals surface area contributed by atoms with Crippen LogP contribution in [0.4, 0.5) is 0 Å². The Hall–Kier alpha value is -4.68. The van der Waals surface area contributed by atoms with Gasteiger partial charge in [-0.2, -0.15) is 0 Å². The number of benzene rings is 7. The van der Waals surface area contributed by atoms with Gasteiger partial charge >= 0.3 is 0 Å². The van der Waals surface area contributed by atoms with Crippen molar-refractivity contribution in [3.8, 4) is 0 Å². The number of hydrogen-bond acceptors (Lipinski definition) is 0. The lowest BCUT2D eigenvalue weighted by Crippen LogP contribution is -1.73. The second-order valence-electron chi connectivity index (χ2n) is 8.70. The van der Waals surface area contributed by atoms with E-state index in [9.17, 15) is 0 Å². The second-order valence-corrected chi connectivity index (χ2v) is 8.70. The van der Waals surface area contributed by atoms with Crippen LogP contribution in [0.2, 0.25) is 0 Å². The summed E-state index contributed by atoms with van der Waals surface area (Å²) in [4.78, 5) is 0. The van der Waals surface area contributed by atoms with Crippen LogP contribution in [0.5, 0.6) is 0 Å². The van der Waals surface area contributed by atoms with Gasteiger partial charge in [-0.1, -0.05) is 237 Å². The van der Waals surface area contributed by atoms with E-state index in [1.807, 2.05) is 91.8 Å². The van der Waals surface area contributed by atoms with Gasteiger partial charge in [0, 0.05) is 0 Å². The summed E-state index contributed by atoms with van der Waals surface area (Å²) in [6, 6.07) is 60.3. The van der Waals surface area contributed by atoms with Crippen LogP contribution >= 0.6 is 0 Å². The Morgan fingerprint density at radius 2 is 0.422 bits per heavy atom. The lowest BCUT2D eigenvalue weighted by Gasteiger charge is -1.96. The zero-order chi connectivity index (χ0) is 33.5. The zero-order valence-electron chi connectivity index (χ0n) is 29.2. The third-order valence-corrected chi connectivity index (χ3v) is 5.89. The summed E-state index contributed by atoms with van der Waals surface area (Å²) in [7, 11) is 0. The molecule has 0 heterocycles. The highest BCUT2D eigenvalue weighted by atomic mass is 13.9. The summed E-state index contributed by atoms with van der Waals surface area (Å²) in [6.07, 6.45) is 0. The van der Waals surface area contributed by atoms with Gasteiger partial charge in [-0.25, -0.2) is 0 Å². The Morgan fingerprint density at radius 3 is 0.667 bits per heavy atom. The summed E-state index contributed by atoms with van der Waals surface area (Å²) in [5, 5.41) is 7.88. The van der Waals surface area contributed by atoms with Crippen molar-refractivity contribution >= 4 is 32.3 Å². The average molecular weight is 597 g/mol. The van der Waals surface area contributed by atoms with Gasteiger partial charge in [0.1, 0.15) is 0 Å². The molecule has 7 aromatic carbocycles. The van der Waals surface area contributed by atoms with Crippen LogP contribution in [-0.4, -0.2) is 0 Å². The molecular formula is C45H56. The zero-order valence-corrected chi connectivity index (χ0v) is 29.2. The minimum absolute atomic E-state index is 1.31. The van der Waals surface area contributed by atoms with Crippen LogP contribution in [0.25, 0.3) is 32.3 Å². The molecule has 0 aliphatic carbocycles. The second kappa shape index (κ2) is 28.1. The molecule has 0 heteroatoms. The molecule has 0 saturated heterocycles. The molecular weight excluding hydrogens is 540 g/mol. The van der Waals surface area contributed by atoms with Gasteiger partial charge in [-0.05, 0) is 39.2 Å². The molecule has 0 bridgehead atoms. The Labute approximate surface area is 275 Å². The third-order valence-electron chi connectivity index (χ3n) is 5.89. The van der Waals surface area contributed by atoms with Crippen molar-refractivity contribution in [2.24, 2.45) is 0 Å². The van der Waals surface area contributed by atoms with E-state index in [0.717, 1.165) is 0 Å². The van der Waals surface area contributed by atoms with Crippen molar-refractivity contribution in [2.75, 3.05) is 0 Å².